The van der Waals surface area contributed by atoms with E-state index in [1.807, 2.05) is 13.0 Å². The van der Waals surface area contributed by atoms with Crippen LogP contribution in [0.25, 0.3) is 0 Å². The molecule has 1 aromatic rings. The Balaban J connectivity index is 2.39. The summed E-state index contributed by atoms with van der Waals surface area (Å²) in [6.45, 7) is 2.53. The van der Waals surface area contributed by atoms with E-state index in [9.17, 15) is 4.79 Å². The van der Waals surface area contributed by atoms with Gasteiger partial charge in [-0.3, -0.25) is 4.79 Å². The number of nitrogens with zero attached hydrogens (tertiary/aromatic N) is 3. The zero-order valence-electron chi connectivity index (χ0n) is 10.6. The zero-order valence-corrected chi connectivity index (χ0v) is 10.6. The number of para-hydroxylation sites is 1. The normalized spacial score (nSPS) is 22.7. The third-order valence-corrected chi connectivity index (χ3v) is 3.22. The molecule has 1 saturated heterocycles. The van der Waals surface area contributed by atoms with Crippen molar-refractivity contribution < 1.29 is 4.79 Å². The van der Waals surface area contributed by atoms with Crippen molar-refractivity contribution in [2.75, 3.05) is 11.4 Å². The molecule has 5 nitrogen and oxygen atoms in total. The van der Waals surface area contributed by atoms with Gasteiger partial charge in [0.25, 0.3) is 0 Å². The average Bonchev–Trinajstić information content (AvgIpc) is 2.43. The lowest BCUT2D eigenvalue weighted by Gasteiger charge is -2.38. The Morgan fingerprint density at radius 2 is 2.16 bits per heavy atom. The minimum Gasteiger partial charge on any atom is -0.306 e. The van der Waals surface area contributed by atoms with Crippen LogP contribution in [0.15, 0.2) is 24.3 Å². The molecule has 2 rings (SSSR count). The van der Waals surface area contributed by atoms with Crippen molar-refractivity contribution in [3.05, 3.63) is 29.8 Å². The fourth-order valence-electron chi connectivity index (χ4n) is 2.26. The number of amides is 1. The molecule has 0 bridgehead atoms. The van der Waals surface area contributed by atoms with Gasteiger partial charge < -0.3 is 10.2 Å². The maximum Gasteiger partial charge on any atom is 0.245 e. The maximum absolute atomic E-state index is 12.4. The van der Waals surface area contributed by atoms with Crippen molar-refractivity contribution in [2.45, 2.75) is 25.4 Å². The Kier molecular flexibility index (Phi) is 3.79. The Labute approximate surface area is 112 Å². The molecule has 0 spiro atoms. The third kappa shape index (κ3) is 2.42. The molecule has 19 heavy (non-hydrogen) atoms. The first-order chi connectivity index (χ1) is 9.19. The van der Waals surface area contributed by atoms with E-state index in [2.05, 4.69) is 11.4 Å². The van der Waals surface area contributed by atoms with E-state index in [1.165, 1.54) is 0 Å². The number of nitriles is 2. The monoisotopic (exact) mass is 254 g/mol. The number of carbonyl (C=O) groups is 1. The van der Waals surface area contributed by atoms with Crippen LogP contribution in [-0.2, 0) is 4.79 Å². The molecule has 0 radical (unpaired) electrons. The highest BCUT2D eigenvalue weighted by Gasteiger charge is 2.34. The second-order valence-corrected chi connectivity index (χ2v) is 4.51. The summed E-state index contributed by atoms with van der Waals surface area (Å²) in [5, 5.41) is 20.9. The number of benzene rings is 1. The summed E-state index contributed by atoms with van der Waals surface area (Å²) in [6, 6.07) is 10.6. The van der Waals surface area contributed by atoms with E-state index in [1.54, 1.807) is 29.2 Å². The molecular weight excluding hydrogens is 240 g/mol. The van der Waals surface area contributed by atoms with E-state index in [-0.39, 0.29) is 18.4 Å². The van der Waals surface area contributed by atoms with E-state index >= 15 is 0 Å². The molecule has 5 heteroatoms. The van der Waals surface area contributed by atoms with Crippen molar-refractivity contribution in [3.63, 3.8) is 0 Å². The first kappa shape index (κ1) is 13.1. The highest BCUT2D eigenvalue weighted by molar-refractivity contribution is 5.99. The lowest BCUT2D eigenvalue weighted by molar-refractivity contribution is -0.122. The van der Waals surface area contributed by atoms with Gasteiger partial charge >= 0.3 is 0 Å². The second kappa shape index (κ2) is 5.51. The topological polar surface area (TPSA) is 79.9 Å². The summed E-state index contributed by atoms with van der Waals surface area (Å²) >= 11 is 0. The van der Waals surface area contributed by atoms with Gasteiger partial charge in [-0.2, -0.15) is 10.5 Å². The van der Waals surface area contributed by atoms with Crippen LogP contribution in [0.2, 0.25) is 0 Å². The maximum atomic E-state index is 12.4. The lowest BCUT2D eigenvalue weighted by Crippen LogP contribution is -2.59. The molecule has 1 aromatic carbocycles. The SMILES string of the molecule is CC1CNC(CC#N)C(=O)N1c1ccccc1C#N. The quantitative estimate of drug-likeness (QED) is 0.859. The Morgan fingerprint density at radius 3 is 2.84 bits per heavy atom. The molecule has 1 amide bonds. The number of hydrogen-bond acceptors (Lipinski definition) is 4. The predicted octanol–water partition coefficient (Wildman–Crippen LogP) is 1.17. The highest BCUT2D eigenvalue weighted by atomic mass is 16.2. The van der Waals surface area contributed by atoms with Crippen molar-refractivity contribution in [2.24, 2.45) is 0 Å². The summed E-state index contributed by atoms with van der Waals surface area (Å²) in [5.74, 6) is -0.150. The standard InChI is InChI=1S/C14H14N4O/c1-10-9-17-12(6-7-15)14(19)18(10)13-5-3-2-4-11(13)8-16/h2-5,10,12,17H,6,9H2,1H3. The molecule has 1 aliphatic rings. The summed E-state index contributed by atoms with van der Waals surface area (Å²) in [6.07, 6.45) is 0.136. The summed E-state index contributed by atoms with van der Waals surface area (Å²) in [4.78, 5) is 14.0. The Morgan fingerprint density at radius 1 is 1.42 bits per heavy atom. The first-order valence-electron chi connectivity index (χ1n) is 6.11. The van der Waals surface area contributed by atoms with E-state index in [0.717, 1.165) is 0 Å². The molecule has 1 aliphatic heterocycles. The molecule has 1 heterocycles. The fourth-order valence-corrected chi connectivity index (χ4v) is 2.26. The second-order valence-electron chi connectivity index (χ2n) is 4.51. The number of hydrogen-bond donors (Lipinski definition) is 1. The summed E-state index contributed by atoms with van der Waals surface area (Å²) in [7, 11) is 0. The van der Waals surface area contributed by atoms with Gasteiger partial charge in [0.05, 0.1) is 23.7 Å². The molecule has 0 saturated carbocycles. The number of nitrogens with one attached hydrogen (secondary N) is 1. The van der Waals surface area contributed by atoms with Crippen LogP contribution in [-0.4, -0.2) is 24.5 Å². The van der Waals surface area contributed by atoms with Crippen molar-refractivity contribution >= 4 is 11.6 Å². The fraction of sp³-hybridized carbons (Fsp3) is 0.357. The molecule has 2 unspecified atom stereocenters. The van der Waals surface area contributed by atoms with Crippen molar-refractivity contribution in [3.8, 4) is 12.1 Å². The van der Waals surface area contributed by atoms with Crippen LogP contribution in [0.5, 0.6) is 0 Å². The van der Waals surface area contributed by atoms with E-state index in [0.29, 0.717) is 17.8 Å². The molecule has 96 valence electrons. The van der Waals surface area contributed by atoms with Gasteiger partial charge in [-0.05, 0) is 19.1 Å². The first-order valence-corrected chi connectivity index (χ1v) is 6.11. The van der Waals surface area contributed by atoms with Gasteiger partial charge in [0.15, 0.2) is 0 Å². The minimum absolute atomic E-state index is 0.0445. The van der Waals surface area contributed by atoms with E-state index in [4.69, 9.17) is 10.5 Å². The summed E-state index contributed by atoms with van der Waals surface area (Å²) in [5.41, 5.74) is 1.09. The molecular formula is C14H14N4O. The highest BCUT2D eigenvalue weighted by Crippen LogP contribution is 2.25. The largest absolute Gasteiger partial charge is 0.306 e. The number of carbonyl (C=O) groups excluding carboxylic acids is 1. The minimum atomic E-state index is -0.493. The number of anilines is 1. The van der Waals surface area contributed by atoms with Gasteiger partial charge in [0, 0.05) is 12.6 Å². The van der Waals surface area contributed by atoms with Gasteiger partial charge in [-0.15, -0.1) is 0 Å². The van der Waals surface area contributed by atoms with Gasteiger partial charge in [0.1, 0.15) is 12.1 Å². The van der Waals surface area contributed by atoms with Crippen LogP contribution >= 0.6 is 0 Å². The van der Waals surface area contributed by atoms with Crippen LogP contribution in [0.3, 0.4) is 0 Å². The van der Waals surface area contributed by atoms with Crippen LogP contribution in [0.1, 0.15) is 18.9 Å². The van der Waals surface area contributed by atoms with Gasteiger partial charge in [-0.25, -0.2) is 0 Å². The third-order valence-electron chi connectivity index (χ3n) is 3.22. The number of rotatable bonds is 2. The van der Waals surface area contributed by atoms with Crippen LogP contribution < -0.4 is 10.2 Å². The zero-order chi connectivity index (χ0) is 13.8. The lowest BCUT2D eigenvalue weighted by atomic mass is 10.0. The summed E-state index contributed by atoms with van der Waals surface area (Å²) < 4.78 is 0. The van der Waals surface area contributed by atoms with Crippen molar-refractivity contribution in [1.82, 2.24) is 5.32 Å². The molecule has 1 fully saturated rings. The Hall–Kier alpha value is -2.37. The molecule has 0 aromatic heterocycles. The molecule has 2 atom stereocenters. The average molecular weight is 254 g/mol. The predicted molar refractivity (Wildman–Crippen MR) is 70.1 cm³/mol. The Bertz CT molecular complexity index is 570. The molecule has 0 aliphatic carbocycles. The van der Waals surface area contributed by atoms with E-state index < -0.39 is 6.04 Å². The van der Waals surface area contributed by atoms with Crippen molar-refractivity contribution in [1.29, 1.82) is 10.5 Å². The smallest absolute Gasteiger partial charge is 0.245 e. The van der Waals surface area contributed by atoms with Gasteiger partial charge in [0.2, 0.25) is 5.91 Å². The molecule has 1 N–H and O–H groups in total. The van der Waals surface area contributed by atoms with Crippen LogP contribution in [0, 0.1) is 22.7 Å². The number of piperazine rings is 1. The van der Waals surface area contributed by atoms with Gasteiger partial charge in [-0.1, -0.05) is 12.1 Å². The van der Waals surface area contributed by atoms with Crippen LogP contribution in [0.4, 0.5) is 5.69 Å².